The molecule has 134 heavy (non-hydrogen) atoms. The van der Waals surface area contributed by atoms with Crippen molar-refractivity contribution in [3.05, 3.63) is 106 Å². The fraction of sp³-hybridized carbons (Fsp3) is 0.757. The van der Waals surface area contributed by atoms with Crippen molar-refractivity contribution in [3.63, 3.8) is 0 Å². The number of carbonyl (C=O) groups is 4. The smallest absolute Gasteiger partial charge is 0.231 e. The minimum absolute atomic E-state index is 0.0493. The monoisotopic (exact) mass is 1870 g/mol. The average Bonchev–Trinajstić information content (AvgIpc) is 1.58. The quantitative estimate of drug-likeness (QED) is 0.0699. The van der Waals surface area contributed by atoms with Crippen molar-refractivity contribution >= 4 is 52.5 Å². The minimum atomic E-state index is -0.469. The first-order valence-corrected chi connectivity index (χ1v) is 52.0. The fourth-order valence-electron chi connectivity index (χ4n) is 29.4. The summed E-state index contributed by atoms with van der Waals surface area (Å²) < 4.78 is 70.6. The lowest BCUT2D eigenvalue weighted by Gasteiger charge is -2.39. The lowest BCUT2D eigenvalue weighted by Crippen LogP contribution is -2.54. The molecule has 27 atom stereocenters. The number of hydrogen-bond donors (Lipinski definition) is 0. The van der Waals surface area contributed by atoms with E-state index >= 15 is 0 Å². The maximum Gasteiger partial charge on any atom is 0.231 e. The van der Waals surface area contributed by atoms with Crippen LogP contribution in [0.3, 0.4) is 0 Å². The molecule has 4 saturated carbocycles. The molecule has 728 valence electrons. The number of anilines is 3. The largest absolute Gasteiger partial charge is 0.379 e. The summed E-state index contributed by atoms with van der Waals surface area (Å²) in [6.45, 7) is 22.6. The minimum Gasteiger partial charge on any atom is -0.379 e. The van der Waals surface area contributed by atoms with Crippen molar-refractivity contribution in [1.82, 2.24) is 54.5 Å². The van der Waals surface area contributed by atoms with Crippen molar-refractivity contribution in [2.24, 2.45) is 69.0 Å². The van der Waals surface area contributed by atoms with Crippen molar-refractivity contribution in [1.29, 1.82) is 0 Å². The second kappa shape index (κ2) is 39.5. The Kier molecular flexibility index (Phi) is 27.5. The van der Waals surface area contributed by atoms with Gasteiger partial charge in [0.15, 0.2) is 0 Å². The predicted octanol–water partition coefficient (Wildman–Crippen LogP) is 11.3. The molecular formula is C103H144N14O16S. The van der Waals surface area contributed by atoms with Crippen LogP contribution in [0.15, 0.2) is 66.6 Å². The average molecular weight is 1870 g/mol. The molecule has 14 saturated heterocycles. The van der Waals surface area contributed by atoms with Crippen LogP contribution in [0.2, 0.25) is 0 Å². The van der Waals surface area contributed by atoms with Crippen LogP contribution in [0.25, 0.3) is 0 Å². The van der Waals surface area contributed by atoms with Crippen LogP contribution in [0.4, 0.5) is 17.6 Å². The Bertz CT molecular complexity index is 4610. The van der Waals surface area contributed by atoms with Crippen LogP contribution in [-0.2, 0) is 89.0 Å². The highest BCUT2D eigenvalue weighted by atomic mass is 32.1. The van der Waals surface area contributed by atoms with Crippen LogP contribution in [0.5, 0.6) is 0 Å². The van der Waals surface area contributed by atoms with Gasteiger partial charge in [-0.1, -0.05) is 12.1 Å². The topological polar surface area (TPSA) is 292 Å². The zero-order chi connectivity index (χ0) is 91.7. The molecule has 5 aromatic rings. The zero-order valence-corrected chi connectivity index (χ0v) is 81.1. The van der Waals surface area contributed by atoms with Crippen LogP contribution >= 0.6 is 11.3 Å². The number of pyridine rings is 2. The van der Waals surface area contributed by atoms with Gasteiger partial charge in [0.1, 0.15) is 28.6 Å². The second-order valence-corrected chi connectivity index (χ2v) is 44.5. The number of amides is 4. The summed E-state index contributed by atoms with van der Waals surface area (Å²) in [7, 11) is 7.16. The summed E-state index contributed by atoms with van der Waals surface area (Å²) >= 11 is 1.63. The third-order valence-corrected chi connectivity index (χ3v) is 36.8. The molecule has 20 heterocycles. The van der Waals surface area contributed by atoms with Crippen LogP contribution < -0.4 is 14.7 Å². The van der Waals surface area contributed by atoms with Gasteiger partial charge < -0.3 is 91.1 Å². The molecule has 4 amide bonds. The maximum absolute atomic E-state index is 14.3. The Hall–Kier alpha value is -7.11. The molecule has 0 aromatic carbocycles. The van der Waals surface area contributed by atoms with E-state index in [1.54, 1.807) is 39.8 Å². The number of piperazine rings is 3. The predicted molar refractivity (Wildman–Crippen MR) is 500 cm³/mol. The van der Waals surface area contributed by atoms with Gasteiger partial charge in [0.2, 0.25) is 29.6 Å². The summed E-state index contributed by atoms with van der Waals surface area (Å²) in [5.41, 5.74) is 4.07. The van der Waals surface area contributed by atoms with Gasteiger partial charge in [0.05, 0.1) is 133 Å². The zero-order valence-electron chi connectivity index (χ0n) is 80.2. The van der Waals surface area contributed by atoms with Crippen LogP contribution in [-0.4, -0.2) is 310 Å². The van der Waals surface area contributed by atoms with Crippen molar-refractivity contribution in [2.75, 3.05) is 162 Å². The summed E-state index contributed by atoms with van der Waals surface area (Å²) in [5.74, 6) is 9.09. The van der Waals surface area contributed by atoms with E-state index in [-0.39, 0.29) is 89.2 Å². The van der Waals surface area contributed by atoms with E-state index in [4.69, 9.17) is 61.8 Å². The molecule has 5 aromatic heterocycles. The summed E-state index contributed by atoms with van der Waals surface area (Å²) in [4.78, 5) is 104. The highest BCUT2D eigenvalue weighted by Crippen LogP contribution is 2.61. The Morgan fingerprint density at radius 1 is 0.448 bits per heavy atom. The number of rotatable bonds is 20. The van der Waals surface area contributed by atoms with Gasteiger partial charge in [-0.05, 0) is 258 Å². The number of carbonyl (C=O) groups excluding carboxylic acids is 4. The molecule has 19 aliphatic rings. The van der Waals surface area contributed by atoms with E-state index in [1.165, 1.54) is 5.56 Å². The number of likely N-dealkylation sites (tertiary alicyclic amines) is 3. The summed E-state index contributed by atoms with van der Waals surface area (Å²) in [6.07, 6.45) is 31.9. The molecule has 6 bridgehead atoms. The molecule has 24 rings (SSSR count). The molecule has 3 unspecified atom stereocenters. The summed E-state index contributed by atoms with van der Waals surface area (Å²) in [6, 6.07) is 14.2. The van der Waals surface area contributed by atoms with E-state index in [2.05, 4.69) is 89.3 Å². The number of aryl methyl sites for hydroxylation is 4. The number of thiazole rings is 1. The standard InChI is InChI=1S/C27H35N3O4S.C26H37N3O4.2C25H36N4O4/c1-17-9-20-15-30(6-3-21(20)29-14-17)26(31)27-12-18(10-19-4-7-33-16-23(19)32-2)11-24(27)34-22(13-27)25-28-5-8-35-25;1-17-4-3-5-24(27-17)28-14-21-12-20(28)15-29(21)25(30)26-7-9-33-23(26)11-18(13-26)10-19-6-8-32-16-22(19)31-2;1-16-26-6-3-23(27-16)28-13-20-11-19(28)14-29(20)24(30)25-5-8-33-22(25)10-17(12-25)9-18-4-7-32-15-21(18)31-2;1-16-3-6-26-24(27-16)29-14-19-11-20(29)13-28(19)23(30)25-5-8-33-22(25)10-17(12-25)9-18-4-7-32-15-21(18)31-2/h5,8-9,14,18-19,22-24H,3-4,6-7,10-13,15-16H2,1-2H3;3-5,18-23H,6-16H2,1-2H3;2*3,6,17-22H,4-5,7-15H2,1-2H3/t18-,19?,22?,23?,24-,27+;18-,19-,20+,21+,22-,23-,26-;2*17-,18-,19+,20+,21-,22-,25-/m1111/s1. The van der Waals surface area contributed by atoms with E-state index in [0.29, 0.717) is 129 Å². The molecule has 30 nitrogen and oxygen atoms in total. The van der Waals surface area contributed by atoms with Crippen molar-refractivity contribution in [2.45, 2.75) is 280 Å². The molecule has 0 radical (unpaired) electrons. The molecule has 4 aliphatic carbocycles. The molecular weight excluding hydrogens is 1720 g/mol. The normalized spacial score (nSPS) is 38.5. The van der Waals surface area contributed by atoms with Gasteiger partial charge >= 0.3 is 0 Å². The Labute approximate surface area is 794 Å². The third-order valence-electron chi connectivity index (χ3n) is 35.9. The first-order chi connectivity index (χ1) is 65.3. The highest BCUT2D eigenvalue weighted by molar-refractivity contribution is 7.09. The molecule has 18 fully saturated rings. The van der Waals surface area contributed by atoms with E-state index in [9.17, 15) is 19.2 Å². The number of aromatic nitrogens is 7. The highest BCUT2D eigenvalue weighted by Gasteiger charge is 2.66. The molecule has 0 spiro atoms. The number of fused-ring (bicyclic) bond motifs is 11. The maximum atomic E-state index is 14.3. The lowest BCUT2D eigenvalue weighted by atomic mass is 9.77. The van der Waals surface area contributed by atoms with Gasteiger partial charge in [-0.25, -0.2) is 29.9 Å². The van der Waals surface area contributed by atoms with Gasteiger partial charge in [-0.3, -0.25) is 24.2 Å². The fourth-order valence-corrected chi connectivity index (χ4v) is 30.0. The lowest BCUT2D eigenvalue weighted by molar-refractivity contribution is -0.146. The van der Waals surface area contributed by atoms with Crippen LogP contribution in [0, 0.1) is 96.7 Å². The van der Waals surface area contributed by atoms with Crippen molar-refractivity contribution < 1.29 is 76.0 Å². The van der Waals surface area contributed by atoms with Crippen LogP contribution in [0.1, 0.15) is 193 Å². The molecule has 31 heteroatoms. The Morgan fingerprint density at radius 2 is 0.903 bits per heavy atom. The number of hydrogen-bond acceptors (Lipinski definition) is 27. The SMILES string of the molecule is COC1COCCC1C[C@@H]1C[C@H]2OC(c3nccs3)C[C@@]2(C(=O)N2CCc3ncc(C)cc3C2)C1.CO[C@@H]1COCC[C@@H]1C[C@@H]1C[C@H]2OCC[C@@]2(C(=O)N2C[C@@H]3C[C@H]2CN3c2cccc(C)n2)C1.CO[C@@H]1COCC[C@@H]1C[C@@H]1C[C@H]2OCC[C@@]2(C(=O)N2C[C@@H]3C[C@H]2CN3c2ccnc(C)n2)C1.CO[C@@H]1COCC[C@@H]1C[C@@H]1C[C@H]2OCC[C@@]2(C(=O)N2C[C@@H]3C[C@H]2CN3c2nccc(C)n2)C1. The Balaban J connectivity index is 0.000000107. The van der Waals surface area contributed by atoms with Gasteiger partial charge in [-0.15, -0.1) is 11.3 Å². The number of nitrogens with zero attached hydrogens (tertiary/aromatic N) is 14. The van der Waals surface area contributed by atoms with Gasteiger partial charge in [0.25, 0.3) is 0 Å². The number of ether oxygens (including phenoxy) is 12. The molecule has 0 N–H and O–H groups in total. The molecule has 15 aliphatic heterocycles. The Morgan fingerprint density at radius 3 is 1.34 bits per heavy atom. The second-order valence-electron chi connectivity index (χ2n) is 43.6. The van der Waals surface area contributed by atoms with E-state index in [0.717, 1.165) is 291 Å². The first kappa shape index (κ1) is 93.2. The van der Waals surface area contributed by atoms with Crippen molar-refractivity contribution in [3.8, 4) is 0 Å². The van der Waals surface area contributed by atoms with E-state index in [1.807, 2.05) is 69.1 Å². The van der Waals surface area contributed by atoms with Gasteiger partial charge in [0, 0.05) is 181 Å². The first-order valence-electron chi connectivity index (χ1n) is 51.1. The number of methoxy groups -OCH3 is 4. The summed E-state index contributed by atoms with van der Waals surface area (Å²) in [5, 5.41) is 2.99. The third kappa shape index (κ3) is 18.0. The van der Waals surface area contributed by atoms with E-state index < -0.39 is 5.41 Å². The van der Waals surface area contributed by atoms with Gasteiger partial charge in [-0.2, -0.15) is 0 Å².